The molecule has 0 aliphatic carbocycles. The van der Waals surface area contributed by atoms with E-state index in [1.165, 1.54) is 0 Å². The van der Waals surface area contributed by atoms with E-state index in [1.54, 1.807) is 0 Å². The number of rotatable bonds is 4. The van der Waals surface area contributed by atoms with Crippen molar-refractivity contribution in [3.05, 3.63) is 67.3 Å². The predicted molar refractivity (Wildman–Crippen MR) is 63.1 cm³/mol. The van der Waals surface area contributed by atoms with Crippen LogP contribution in [-0.2, 0) is 11.3 Å². The molecule has 2 rings (SSSR count). The van der Waals surface area contributed by atoms with E-state index in [0.29, 0.717) is 6.61 Å². The molecule has 0 aromatic heterocycles. The second-order valence-corrected chi connectivity index (χ2v) is 3.37. The maximum absolute atomic E-state index is 5.75. The number of para-hydroxylation sites is 2. The van der Waals surface area contributed by atoms with Crippen LogP contribution >= 0.6 is 0 Å². The first-order chi connectivity index (χ1) is 7.90. The Bertz CT molecular complexity index is 437. The summed E-state index contributed by atoms with van der Waals surface area (Å²) in [6, 6.07) is 17.4. The van der Waals surface area contributed by atoms with E-state index < -0.39 is 0 Å². The fourth-order valence-electron chi connectivity index (χ4n) is 1.45. The highest BCUT2D eigenvalue weighted by Gasteiger charge is 2.03. The van der Waals surface area contributed by atoms with E-state index in [-0.39, 0.29) is 0 Å². The van der Waals surface area contributed by atoms with Gasteiger partial charge < -0.3 is 9.47 Å². The van der Waals surface area contributed by atoms with Gasteiger partial charge in [0.05, 0.1) is 13.7 Å². The van der Waals surface area contributed by atoms with Crippen LogP contribution in [0.4, 0.5) is 0 Å². The van der Waals surface area contributed by atoms with E-state index in [2.05, 4.69) is 7.11 Å². The molecule has 0 amide bonds. The zero-order valence-electron chi connectivity index (χ0n) is 8.93. The molecule has 0 spiro atoms. The summed E-state index contributed by atoms with van der Waals surface area (Å²) in [5.74, 6) is 1.62. The molecule has 16 heavy (non-hydrogen) atoms. The van der Waals surface area contributed by atoms with Crippen LogP contribution in [0.3, 0.4) is 0 Å². The standard InChI is InChI=1S/C14H13O2/c1-15-11-12-7-5-6-10-14(12)16-13-8-3-2-4-9-13/h2-10H,1,11H2. The third-order valence-electron chi connectivity index (χ3n) is 2.20. The van der Waals surface area contributed by atoms with Gasteiger partial charge in [-0.3, -0.25) is 0 Å². The summed E-state index contributed by atoms with van der Waals surface area (Å²) in [5, 5.41) is 0. The smallest absolute Gasteiger partial charge is 0.132 e. The van der Waals surface area contributed by atoms with E-state index in [0.717, 1.165) is 17.1 Å². The molecule has 0 saturated heterocycles. The minimum atomic E-state index is 0.447. The maximum Gasteiger partial charge on any atom is 0.132 e. The summed E-state index contributed by atoms with van der Waals surface area (Å²) >= 11 is 0. The number of hydrogen-bond acceptors (Lipinski definition) is 2. The molecule has 2 nitrogen and oxygen atoms in total. The normalized spacial score (nSPS) is 10.1. The molecule has 0 aliphatic rings. The van der Waals surface area contributed by atoms with Crippen LogP contribution in [0.15, 0.2) is 54.6 Å². The predicted octanol–water partition coefficient (Wildman–Crippen LogP) is 3.79. The lowest BCUT2D eigenvalue weighted by Crippen LogP contribution is -1.92. The zero-order chi connectivity index (χ0) is 11.2. The monoisotopic (exact) mass is 213 g/mol. The van der Waals surface area contributed by atoms with Crippen LogP contribution in [0.1, 0.15) is 5.56 Å². The van der Waals surface area contributed by atoms with Gasteiger partial charge in [-0.05, 0) is 18.2 Å². The molecule has 2 heteroatoms. The highest BCUT2D eigenvalue weighted by molar-refractivity contribution is 5.37. The van der Waals surface area contributed by atoms with Crippen LogP contribution in [0.2, 0.25) is 0 Å². The molecule has 1 radical (unpaired) electrons. The van der Waals surface area contributed by atoms with Gasteiger partial charge in [0, 0.05) is 5.56 Å². The van der Waals surface area contributed by atoms with E-state index in [1.807, 2.05) is 54.6 Å². The van der Waals surface area contributed by atoms with Gasteiger partial charge >= 0.3 is 0 Å². The summed E-state index contributed by atoms with van der Waals surface area (Å²) in [6.07, 6.45) is 0. The van der Waals surface area contributed by atoms with Gasteiger partial charge in [-0.2, -0.15) is 0 Å². The van der Waals surface area contributed by atoms with E-state index in [9.17, 15) is 0 Å². The molecule has 0 saturated carbocycles. The first-order valence-corrected chi connectivity index (χ1v) is 5.08. The lowest BCUT2D eigenvalue weighted by atomic mass is 10.2. The van der Waals surface area contributed by atoms with Crippen molar-refractivity contribution in [1.29, 1.82) is 0 Å². The summed E-state index contributed by atoms with van der Waals surface area (Å²) < 4.78 is 10.6. The molecule has 0 N–H and O–H groups in total. The second-order valence-electron chi connectivity index (χ2n) is 3.37. The molecule has 2 aromatic rings. The fraction of sp³-hybridized carbons (Fsp3) is 0.0714. The van der Waals surface area contributed by atoms with Gasteiger partial charge in [-0.1, -0.05) is 36.4 Å². The molecule has 2 aromatic carbocycles. The van der Waals surface area contributed by atoms with Gasteiger partial charge in [-0.15, -0.1) is 0 Å². The average Bonchev–Trinajstić information content (AvgIpc) is 2.33. The van der Waals surface area contributed by atoms with Crippen molar-refractivity contribution in [1.82, 2.24) is 0 Å². The molecule has 81 valence electrons. The SMILES string of the molecule is [CH2]OCc1ccccc1Oc1ccccc1. The van der Waals surface area contributed by atoms with Crippen LogP contribution in [0, 0.1) is 7.11 Å². The quantitative estimate of drug-likeness (QED) is 0.769. The summed E-state index contributed by atoms with van der Waals surface area (Å²) in [5.41, 5.74) is 0.987. The highest BCUT2D eigenvalue weighted by Crippen LogP contribution is 2.25. The van der Waals surface area contributed by atoms with E-state index >= 15 is 0 Å². The van der Waals surface area contributed by atoms with Gasteiger partial charge in [0.1, 0.15) is 11.5 Å². The summed E-state index contributed by atoms with van der Waals surface area (Å²) in [7, 11) is 3.37. The first kappa shape index (κ1) is 10.7. The van der Waals surface area contributed by atoms with Gasteiger partial charge in [0.15, 0.2) is 0 Å². The Morgan fingerprint density at radius 3 is 2.31 bits per heavy atom. The first-order valence-electron chi connectivity index (χ1n) is 5.08. The Morgan fingerprint density at radius 1 is 0.875 bits per heavy atom. The molecular formula is C14H13O2. The molecular weight excluding hydrogens is 200 g/mol. The maximum atomic E-state index is 5.75. The number of hydrogen-bond donors (Lipinski definition) is 0. The third-order valence-corrected chi connectivity index (χ3v) is 2.20. The van der Waals surface area contributed by atoms with E-state index in [4.69, 9.17) is 9.47 Å². The lowest BCUT2D eigenvalue weighted by Gasteiger charge is -2.10. The van der Waals surface area contributed by atoms with Crippen molar-refractivity contribution in [3.8, 4) is 11.5 Å². The Morgan fingerprint density at radius 2 is 1.56 bits per heavy atom. The van der Waals surface area contributed by atoms with Crippen molar-refractivity contribution in [2.24, 2.45) is 0 Å². The van der Waals surface area contributed by atoms with Crippen LogP contribution in [0.25, 0.3) is 0 Å². The van der Waals surface area contributed by atoms with Crippen molar-refractivity contribution in [3.63, 3.8) is 0 Å². The molecule has 0 bridgehead atoms. The highest BCUT2D eigenvalue weighted by atomic mass is 16.5. The second kappa shape index (κ2) is 5.33. The van der Waals surface area contributed by atoms with Crippen molar-refractivity contribution < 1.29 is 9.47 Å². The minimum Gasteiger partial charge on any atom is -0.457 e. The largest absolute Gasteiger partial charge is 0.457 e. The fourth-order valence-corrected chi connectivity index (χ4v) is 1.45. The van der Waals surface area contributed by atoms with Crippen molar-refractivity contribution >= 4 is 0 Å². The Balaban J connectivity index is 2.21. The third kappa shape index (κ3) is 2.61. The van der Waals surface area contributed by atoms with Gasteiger partial charge in [-0.25, -0.2) is 0 Å². The number of ether oxygens (including phenoxy) is 2. The van der Waals surface area contributed by atoms with Crippen LogP contribution < -0.4 is 4.74 Å². The molecule has 0 unspecified atom stereocenters. The lowest BCUT2D eigenvalue weighted by molar-refractivity contribution is 0.225. The molecule has 0 aliphatic heterocycles. The van der Waals surface area contributed by atoms with Gasteiger partial charge in [0.25, 0.3) is 0 Å². The molecule has 0 fully saturated rings. The molecule has 0 heterocycles. The summed E-state index contributed by atoms with van der Waals surface area (Å²) in [4.78, 5) is 0. The average molecular weight is 213 g/mol. The Kier molecular flexibility index (Phi) is 3.57. The Labute approximate surface area is 95.4 Å². The van der Waals surface area contributed by atoms with Crippen LogP contribution in [0.5, 0.6) is 11.5 Å². The summed E-state index contributed by atoms with van der Waals surface area (Å²) in [6.45, 7) is 0.447. The van der Waals surface area contributed by atoms with Crippen molar-refractivity contribution in [2.75, 3.05) is 0 Å². The number of benzene rings is 2. The minimum absolute atomic E-state index is 0.447. The van der Waals surface area contributed by atoms with Crippen LogP contribution in [-0.4, -0.2) is 0 Å². The van der Waals surface area contributed by atoms with Crippen molar-refractivity contribution in [2.45, 2.75) is 6.61 Å². The molecule has 0 atom stereocenters. The topological polar surface area (TPSA) is 18.5 Å². The van der Waals surface area contributed by atoms with Gasteiger partial charge in [0.2, 0.25) is 0 Å². The zero-order valence-corrected chi connectivity index (χ0v) is 8.93. The Hall–Kier alpha value is -1.80.